The normalized spacial score (nSPS) is 20.4. The summed E-state index contributed by atoms with van der Waals surface area (Å²) in [7, 11) is 0. The SMILES string of the molecule is CCOC(=O)C1=C(C)N=C(Cl)C(C=O)[C@@H]1c1cccc([N+](=O)[O-])c1. The molecule has 0 amide bonds. The summed E-state index contributed by atoms with van der Waals surface area (Å²) in [5, 5.41) is 11.1. The summed E-state index contributed by atoms with van der Waals surface area (Å²) in [5.74, 6) is -2.31. The summed E-state index contributed by atoms with van der Waals surface area (Å²) in [4.78, 5) is 38.4. The zero-order valence-corrected chi connectivity index (χ0v) is 13.8. The van der Waals surface area contributed by atoms with E-state index in [4.69, 9.17) is 16.3 Å². The van der Waals surface area contributed by atoms with Gasteiger partial charge in [-0.25, -0.2) is 9.79 Å². The molecular formula is C16H15ClN2O5. The number of allylic oxidation sites excluding steroid dienone is 1. The Labute approximate surface area is 143 Å². The Hall–Kier alpha value is -2.54. The Morgan fingerprint density at radius 1 is 1.50 bits per heavy atom. The van der Waals surface area contributed by atoms with E-state index in [1.807, 2.05) is 0 Å². The number of aldehydes is 1. The minimum atomic E-state index is -0.906. The predicted octanol–water partition coefficient (Wildman–Crippen LogP) is 2.98. The fourth-order valence-corrected chi connectivity index (χ4v) is 2.97. The number of carbonyl (C=O) groups excluding carboxylic acids is 2. The van der Waals surface area contributed by atoms with Crippen molar-refractivity contribution in [3.63, 3.8) is 0 Å². The number of benzene rings is 1. The molecule has 0 bridgehead atoms. The van der Waals surface area contributed by atoms with E-state index in [0.717, 1.165) is 0 Å². The van der Waals surface area contributed by atoms with Crippen molar-refractivity contribution in [2.24, 2.45) is 10.9 Å². The quantitative estimate of drug-likeness (QED) is 0.352. The van der Waals surface area contributed by atoms with Crippen LogP contribution in [0.15, 0.2) is 40.5 Å². The van der Waals surface area contributed by atoms with E-state index >= 15 is 0 Å². The number of ether oxygens (including phenoxy) is 1. The molecule has 0 N–H and O–H groups in total. The summed E-state index contributed by atoms with van der Waals surface area (Å²) in [6, 6.07) is 5.75. The first-order valence-electron chi connectivity index (χ1n) is 7.22. The van der Waals surface area contributed by atoms with Crippen molar-refractivity contribution >= 4 is 34.7 Å². The number of halogens is 1. The summed E-state index contributed by atoms with van der Waals surface area (Å²) in [6.07, 6.45) is 0.584. The number of nitrogens with zero attached hydrogens (tertiary/aromatic N) is 2. The van der Waals surface area contributed by atoms with E-state index in [-0.39, 0.29) is 23.0 Å². The molecular weight excluding hydrogens is 336 g/mol. The van der Waals surface area contributed by atoms with Crippen molar-refractivity contribution in [3.05, 3.63) is 51.2 Å². The molecule has 8 heteroatoms. The van der Waals surface area contributed by atoms with E-state index in [1.54, 1.807) is 19.9 Å². The topological polar surface area (TPSA) is 98.9 Å². The minimum Gasteiger partial charge on any atom is -0.463 e. The van der Waals surface area contributed by atoms with Gasteiger partial charge in [-0.3, -0.25) is 10.1 Å². The number of non-ortho nitro benzene ring substituents is 1. The van der Waals surface area contributed by atoms with Gasteiger partial charge in [0.25, 0.3) is 5.69 Å². The molecule has 1 aliphatic rings. The fourth-order valence-electron chi connectivity index (χ4n) is 2.66. The van der Waals surface area contributed by atoms with Gasteiger partial charge in [-0.1, -0.05) is 23.7 Å². The Balaban J connectivity index is 2.62. The van der Waals surface area contributed by atoms with Gasteiger partial charge in [-0.2, -0.15) is 0 Å². The van der Waals surface area contributed by atoms with Gasteiger partial charge in [0.2, 0.25) is 0 Å². The molecule has 0 radical (unpaired) electrons. The summed E-state index contributed by atoms with van der Waals surface area (Å²) in [5.41, 5.74) is 0.792. The number of carbonyl (C=O) groups is 2. The van der Waals surface area contributed by atoms with E-state index in [9.17, 15) is 19.7 Å². The fraction of sp³-hybridized carbons (Fsp3) is 0.312. The van der Waals surface area contributed by atoms with Crippen molar-refractivity contribution in [1.82, 2.24) is 0 Å². The highest BCUT2D eigenvalue weighted by atomic mass is 35.5. The molecule has 126 valence electrons. The van der Waals surface area contributed by atoms with Gasteiger partial charge < -0.3 is 9.53 Å². The number of nitro benzene ring substituents is 1. The zero-order valence-electron chi connectivity index (χ0n) is 13.1. The molecule has 2 atom stereocenters. The zero-order chi connectivity index (χ0) is 17.9. The van der Waals surface area contributed by atoms with E-state index < -0.39 is 22.7 Å². The molecule has 0 spiro atoms. The summed E-state index contributed by atoms with van der Waals surface area (Å²) >= 11 is 6.07. The van der Waals surface area contributed by atoms with Crippen LogP contribution in [0, 0.1) is 16.0 Å². The highest BCUT2D eigenvalue weighted by molar-refractivity contribution is 6.67. The molecule has 7 nitrogen and oxygen atoms in total. The van der Waals surface area contributed by atoms with Crippen LogP contribution < -0.4 is 0 Å². The number of hydrogen-bond donors (Lipinski definition) is 0. The van der Waals surface area contributed by atoms with Crippen molar-refractivity contribution in [2.75, 3.05) is 6.61 Å². The minimum absolute atomic E-state index is 0.0343. The average molecular weight is 351 g/mol. The molecule has 2 rings (SSSR count). The Kier molecular flexibility index (Phi) is 5.46. The Morgan fingerprint density at radius 2 is 2.21 bits per heavy atom. The van der Waals surface area contributed by atoms with Gasteiger partial charge >= 0.3 is 5.97 Å². The van der Waals surface area contributed by atoms with Crippen LogP contribution in [0.25, 0.3) is 0 Å². The first-order chi connectivity index (χ1) is 11.4. The monoisotopic (exact) mass is 350 g/mol. The summed E-state index contributed by atoms with van der Waals surface area (Å²) in [6.45, 7) is 3.40. The van der Waals surface area contributed by atoms with E-state index in [1.165, 1.54) is 18.2 Å². The second-order valence-corrected chi connectivity index (χ2v) is 5.53. The number of esters is 1. The van der Waals surface area contributed by atoms with Gasteiger partial charge in [0, 0.05) is 23.7 Å². The first kappa shape index (κ1) is 17.8. The molecule has 0 saturated heterocycles. The Morgan fingerprint density at radius 3 is 2.79 bits per heavy atom. The van der Waals surface area contributed by atoms with Gasteiger partial charge in [-0.05, 0) is 19.4 Å². The van der Waals surface area contributed by atoms with Gasteiger partial charge in [0.1, 0.15) is 11.5 Å². The number of nitro groups is 1. The number of rotatable bonds is 5. The van der Waals surface area contributed by atoms with Crippen LogP contribution in [-0.4, -0.2) is 29.0 Å². The molecule has 0 saturated carbocycles. The van der Waals surface area contributed by atoms with Crippen LogP contribution in [0.4, 0.5) is 5.69 Å². The van der Waals surface area contributed by atoms with Crippen molar-refractivity contribution in [2.45, 2.75) is 19.8 Å². The van der Waals surface area contributed by atoms with E-state index in [0.29, 0.717) is 17.5 Å². The van der Waals surface area contributed by atoms with Crippen LogP contribution in [0.3, 0.4) is 0 Å². The molecule has 1 aliphatic heterocycles. The second-order valence-electron chi connectivity index (χ2n) is 5.15. The lowest BCUT2D eigenvalue weighted by molar-refractivity contribution is -0.384. The molecule has 1 aromatic rings. The maximum atomic E-state index is 12.3. The molecule has 0 fully saturated rings. The van der Waals surface area contributed by atoms with Crippen LogP contribution in [0.2, 0.25) is 0 Å². The van der Waals surface area contributed by atoms with E-state index in [2.05, 4.69) is 4.99 Å². The lowest BCUT2D eigenvalue weighted by atomic mass is 9.79. The van der Waals surface area contributed by atoms with Gasteiger partial charge in [0.05, 0.1) is 23.0 Å². The number of aliphatic imine (C=N–C) groups is 1. The molecule has 1 heterocycles. The average Bonchev–Trinajstić information content (AvgIpc) is 2.54. The third-order valence-electron chi connectivity index (χ3n) is 3.69. The third-order valence-corrected chi connectivity index (χ3v) is 4.03. The van der Waals surface area contributed by atoms with Crippen molar-refractivity contribution in [1.29, 1.82) is 0 Å². The highest BCUT2D eigenvalue weighted by Gasteiger charge is 2.38. The lowest BCUT2D eigenvalue weighted by Crippen LogP contribution is -2.30. The standard InChI is InChI=1S/C16H15ClN2O5/c1-3-24-16(21)13-9(2)18-15(17)12(8-20)14(13)10-5-4-6-11(7-10)19(22)23/h4-8,12,14H,3H2,1-2H3/t12?,14-/m0/s1. The summed E-state index contributed by atoms with van der Waals surface area (Å²) < 4.78 is 5.05. The third kappa shape index (κ3) is 3.35. The maximum Gasteiger partial charge on any atom is 0.336 e. The van der Waals surface area contributed by atoms with Crippen LogP contribution in [0.5, 0.6) is 0 Å². The molecule has 1 unspecified atom stereocenters. The van der Waals surface area contributed by atoms with Gasteiger partial charge in [0.15, 0.2) is 0 Å². The number of hydrogen-bond acceptors (Lipinski definition) is 6. The second kappa shape index (κ2) is 7.35. The van der Waals surface area contributed by atoms with Crippen LogP contribution >= 0.6 is 11.6 Å². The maximum absolute atomic E-state index is 12.3. The van der Waals surface area contributed by atoms with Crippen LogP contribution in [0.1, 0.15) is 25.3 Å². The molecule has 0 aromatic heterocycles. The van der Waals surface area contributed by atoms with Gasteiger partial charge in [-0.15, -0.1) is 0 Å². The first-order valence-corrected chi connectivity index (χ1v) is 7.60. The smallest absolute Gasteiger partial charge is 0.336 e. The van der Waals surface area contributed by atoms with Crippen LogP contribution in [-0.2, 0) is 14.3 Å². The molecule has 24 heavy (non-hydrogen) atoms. The molecule has 1 aromatic carbocycles. The van der Waals surface area contributed by atoms with Crippen molar-refractivity contribution in [3.8, 4) is 0 Å². The molecule has 0 aliphatic carbocycles. The Bertz CT molecular complexity index is 757. The lowest BCUT2D eigenvalue weighted by Gasteiger charge is -2.28. The van der Waals surface area contributed by atoms with Crippen molar-refractivity contribution < 1.29 is 19.2 Å². The highest BCUT2D eigenvalue weighted by Crippen LogP contribution is 2.40. The largest absolute Gasteiger partial charge is 0.463 e. The predicted molar refractivity (Wildman–Crippen MR) is 88.0 cm³/mol.